The average molecular weight is 905 g/mol. The quantitative estimate of drug-likeness (QED) is 0.0262. The van der Waals surface area contributed by atoms with Crippen molar-refractivity contribution in [3.8, 4) is 0 Å². The van der Waals surface area contributed by atoms with Gasteiger partial charge in [0.1, 0.15) is 13.2 Å². The van der Waals surface area contributed by atoms with Gasteiger partial charge in [-0.1, -0.05) is 202 Å². The van der Waals surface area contributed by atoms with Crippen molar-refractivity contribution in [2.24, 2.45) is 0 Å². The number of ether oxygens (including phenoxy) is 3. The third-order valence-electron chi connectivity index (χ3n) is 11.4. The SMILES string of the molecule is CC/C=C\C/C=C\C/C=C\C/C=C\CCCCC(=O)O[C@H](COC(=O)CCCCCCC/C=C\CCCCCCCC)COC(=O)CCCCCCCCC/C=C\C/C=C\CCCCC. The molecule has 0 amide bonds. The Hall–Kier alpha value is -3.41. The highest BCUT2D eigenvalue weighted by atomic mass is 16.6. The first kappa shape index (κ1) is 61.6. The number of allylic oxidation sites excluding steroid dienone is 14. The standard InChI is InChI=1S/C59H100O6/c1-4-7-10-13-16-19-22-25-28-29-32-34-37-40-43-46-49-52-58(61)64-55-56(65-59(62)53-50-47-44-41-38-35-31-27-24-21-18-15-12-9-6-3)54-63-57(60)51-48-45-42-39-36-33-30-26-23-20-17-14-11-8-5-2/h9,12,16,18-19,21,25-28,30-31,38,41,56H,4-8,10-11,13-15,17,20,22-24,29,32-37,39-40,42-55H2,1-3H3/b12-9-,19-16-,21-18-,28-25-,30-26-,31-27-,41-38-/t56-/m1/s1. The molecule has 0 rings (SSSR count). The molecule has 0 N–H and O–H groups in total. The summed E-state index contributed by atoms with van der Waals surface area (Å²) in [5.41, 5.74) is 0. The molecule has 0 saturated heterocycles. The summed E-state index contributed by atoms with van der Waals surface area (Å²) in [6, 6.07) is 0. The fourth-order valence-electron chi connectivity index (χ4n) is 7.28. The van der Waals surface area contributed by atoms with Gasteiger partial charge in [0.2, 0.25) is 0 Å². The van der Waals surface area contributed by atoms with Gasteiger partial charge in [-0.05, 0) is 116 Å². The first-order chi connectivity index (χ1) is 32.0. The number of carbonyl (C=O) groups is 3. The molecular weight excluding hydrogens is 805 g/mol. The largest absolute Gasteiger partial charge is 0.462 e. The minimum Gasteiger partial charge on any atom is -0.462 e. The smallest absolute Gasteiger partial charge is 0.306 e. The zero-order valence-corrected chi connectivity index (χ0v) is 42.5. The van der Waals surface area contributed by atoms with Crippen molar-refractivity contribution in [3.05, 3.63) is 85.1 Å². The van der Waals surface area contributed by atoms with Gasteiger partial charge in [0, 0.05) is 19.3 Å². The van der Waals surface area contributed by atoms with Gasteiger partial charge in [-0.25, -0.2) is 0 Å². The van der Waals surface area contributed by atoms with Crippen LogP contribution in [0.4, 0.5) is 0 Å². The van der Waals surface area contributed by atoms with Crippen LogP contribution in [-0.2, 0) is 28.6 Å². The van der Waals surface area contributed by atoms with Crippen molar-refractivity contribution in [2.75, 3.05) is 13.2 Å². The van der Waals surface area contributed by atoms with Crippen LogP contribution in [0.15, 0.2) is 85.1 Å². The van der Waals surface area contributed by atoms with E-state index in [2.05, 4.69) is 106 Å². The minimum atomic E-state index is -0.805. The molecule has 0 radical (unpaired) electrons. The average Bonchev–Trinajstić information content (AvgIpc) is 3.30. The molecule has 1 atom stereocenters. The van der Waals surface area contributed by atoms with E-state index in [1.54, 1.807) is 0 Å². The van der Waals surface area contributed by atoms with E-state index in [0.29, 0.717) is 19.3 Å². The number of hydrogen-bond acceptors (Lipinski definition) is 6. The van der Waals surface area contributed by atoms with E-state index in [-0.39, 0.29) is 37.5 Å². The molecule has 0 aromatic rings. The molecule has 0 unspecified atom stereocenters. The Morgan fingerprint density at radius 2 is 0.600 bits per heavy atom. The first-order valence-corrected chi connectivity index (χ1v) is 27.1. The maximum Gasteiger partial charge on any atom is 0.306 e. The van der Waals surface area contributed by atoms with Crippen molar-refractivity contribution in [1.82, 2.24) is 0 Å². The lowest BCUT2D eigenvalue weighted by Gasteiger charge is -2.18. The van der Waals surface area contributed by atoms with E-state index in [4.69, 9.17) is 14.2 Å². The molecule has 65 heavy (non-hydrogen) atoms. The molecule has 0 fully saturated rings. The summed E-state index contributed by atoms with van der Waals surface area (Å²) in [5, 5.41) is 0. The molecule has 0 bridgehead atoms. The number of carbonyl (C=O) groups excluding carboxylic acids is 3. The second kappa shape index (κ2) is 53.2. The van der Waals surface area contributed by atoms with Crippen LogP contribution in [0.25, 0.3) is 0 Å². The Morgan fingerprint density at radius 3 is 1.02 bits per heavy atom. The monoisotopic (exact) mass is 905 g/mol. The van der Waals surface area contributed by atoms with Gasteiger partial charge in [-0.2, -0.15) is 0 Å². The molecule has 6 heteroatoms. The Morgan fingerprint density at radius 1 is 0.323 bits per heavy atom. The maximum absolute atomic E-state index is 12.8. The molecule has 0 spiro atoms. The Balaban J connectivity index is 4.47. The van der Waals surface area contributed by atoms with Crippen LogP contribution in [0, 0.1) is 0 Å². The molecule has 0 aliphatic heterocycles. The van der Waals surface area contributed by atoms with Gasteiger partial charge in [0.05, 0.1) is 0 Å². The van der Waals surface area contributed by atoms with Gasteiger partial charge in [0.15, 0.2) is 6.10 Å². The van der Waals surface area contributed by atoms with E-state index in [9.17, 15) is 14.4 Å². The first-order valence-electron chi connectivity index (χ1n) is 27.1. The Bertz CT molecular complexity index is 1270. The summed E-state index contributed by atoms with van der Waals surface area (Å²) in [7, 11) is 0. The number of unbranched alkanes of at least 4 members (excludes halogenated alkanes) is 23. The highest BCUT2D eigenvalue weighted by Gasteiger charge is 2.19. The molecule has 0 heterocycles. The van der Waals surface area contributed by atoms with E-state index < -0.39 is 6.10 Å². The van der Waals surface area contributed by atoms with Crippen LogP contribution in [0.1, 0.15) is 252 Å². The van der Waals surface area contributed by atoms with Gasteiger partial charge in [-0.3, -0.25) is 14.4 Å². The highest BCUT2D eigenvalue weighted by Crippen LogP contribution is 2.14. The van der Waals surface area contributed by atoms with E-state index >= 15 is 0 Å². The zero-order chi connectivity index (χ0) is 47.2. The summed E-state index contributed by atoms with van der Waals surface area (Å²) >= 11 is 0. The van der Waals surface area contributed by atoms with Crippen LogP contribution >= 0.6 is 0 Å². The van der Waals surface area contributed by atoms with Crippen LogP contribution < -0.4 is 0 Å². The maximum atomic E-state index is 12.8. The minimum absolute atomic E-state index is 0.100. The van der Waals surface area contributed by atoms with Crippen LogP contribution in [0.3, 0.4) is 0 Å². The van der Waals surface area contributed by atoms with Crippen molar-refractivity contribution in [1.29, 1.82) is 0 Å². The van der Waals surface area contributed by atoms with Gasteiger partial charge >= 0.3 is 17.9 Å². The summed E-state index contributed by atoms with van der Waals surface area (Å²) < 4.78 is 16.8. The number of hydrogen-bond donors (Lipinski definition) is 0. The lowest BCUT2D eigenvalue weighted by Crippen LogP contribution is -2.30. The van der Waals surface area contributed by atoms with Gasteiger partial charge in [-0.15, -0.1) is 0 Å². The van der Waals surface area contributed by atoms with E-state index in [1.807, 2.05) is 0 Å². The van der Waals surface area contributed by atoms with Crippen LogP contribution in [0.2, 0.25) is 0 Å². The molecule has 0 aliphatic carbocycles. The summed E-state index contributed by atoms with van der Waals surface area (Å²) in [4.78, 5) is 38.0. The number of esters is 3. The normalized spacial score (nSPS) is 12.7. The molecular formula is C59H100O6. The Labute approximate surface area is 401 Å². The molecule has 0 aromatic heterocycles. The molecule has 0 aliphatic rings. The predicted molar refractivity (Wildman–Crippen MR) is 279 cm³/mol. The lowest BCUT2D eigenvalue weighted by atomic mass is 10.1. The van der Waals surface area contributed by atoms with Crippen LogP contribution in [0.5, 0.6) is 0 Å². The third kappa shape index (κ3) is 51.4. The van der Waals surface area contributed by atoms with Crippen molar-refractivity contribution in [2.45, 2.75) is 258 Å². The molecule has 0 aromatic carbocycles. The Kier molecular flexibility index (Phi) is 50.4. The van der Waals surface area contributed by atoms with E-state index in [1.165, 1.54) is 109 Å². The summed E-state index contributed by atoms with van der Waals surface area (Å²) in [5.74, 6) is -0.956. The second-order valence-corrected chi connectivity index (χ2v) is 17.7. The van der Waals surface area contributed by atoms with E-state index in [0.717, 1.165) is 96.3 Å². The summed E-state index contributed by atoms with van der Waals surface area (Å²) in [6.07, 6.45) is 68.5. The lowest BCUT2D eigenvalue weighted by molar-refractivity contribution is -0.167. The van der Waals surface area contributed by atoms with Crippen LogP contribution in [-0.4, -0.2) is 37.2 Å². The van der Waals surface area contributed by atoms with Crippen molar-refractivity contribution >= 4 is 17.9 Å². The van der Waals surface area contributed by atoms with Crippen molar-refractivity contribution in [3.63, 3.8) is 0 Å². The third-order valence-corrected chi connectivity index (χ3v) is 11.4. The molecule has 0 saturated carbocycles. The molecule has 372 valence electrons. The fourth-order valence-corrected chi connectivity index (χ4v) is 7.28. The summed E-state index contributed by atoms with van der Waals surface area (Å²) in [6.45, 7) is 6.45. The van der Waals surface area contributed by atoms with Gasteiger partial charge < -0.3 is 14.2 Å². The predicted octanol–water partition coefficient (Wildman–Crippen LogP) is 18.0. The molecule has 6 nitrogen and oxygen atoms in total. The topological polar surface area (TPSA) is 78.9 Å². The number of rotatable bonds is 48. The highest BCUT2D eigenvalue weighted by molar-refractivity contribution is 5.71. The van der Waals surface area contributed by atoms with Gasteiger partial charge in [0.25, 0.3) is 0 Å². The second-order valence-electron chi connectivity index (χ2n) is 17.7. The zero-order valence-electron chi connectivity index (χ0n) is 42.5. The van der Waals surface area contributed by atoms with Crippen molar-refractivity contribution < 1.29 is 28.6 Å². The fraction of sp³-hybridized carbons (Fsp3) is 0.712.